The smallest absolute Gasteiger partial charge is 0.187 e. The number of rotatable bonds is 4. The van der Waals surface area contributed by atoms with Gasteiger partial charge in [0.15, 0.2) is 5.11 Å². The molecule has 0 saturated heterocycles. The Kier molecular flexibility index (Phi) is 6.21. The number of thiocarbonyl (C=S) groups is 1. The van der Waals surface area contributed by atoms with Crippen molar-refractivity contribution in [2.24, 2.45) is 5.10 Å². The van der Waals surface area contributed by atoms with Gasteiger partial charge in [-0.15, -0.1) is 0 Å². The first-order chi connectivity index (χ1) is 11.0. The highest BCUT2D eigenvalue weighted by Gasteiger charge is 2.07. The third kappa shape index (κ3) is 5.10. The maximum atomic E-state index is 9.82. The molecule has 0 spiro atoms. The van der Waals surface area contributed by atoms with Crippen LogP contribution in [-0.2, 0) is 0 Å². The summed E-state index contributed by atoms with van der Waals surface area (Å²) in [5.74, 6) is -0.0850. The van der Waals surface area contributed by atoms with Gasteiger partial charge in [-0.25, -0.2) is 0 Å². The molecule has 2 rings (SSSR count). The monoisotopic (exact) mass is 367 g/mol. The molecule has 4 nitrogen and oxygen atoms in total. The van der Waals surface area contributed by atoms with Crippen molar-refractivity contribution in [3.63, 3.8) is 0 Å². The maximum absolute atomic E-state index is 9.82. The minimum Gasteiger partial charge on any atom is -0.506 e. The van der Waals surface area contributed by atoms with Crippen molar-refractivity contribution in [2.75, 3.05) is 0 Å². The van der Waals surface area contributed by atoms with E-state index >= 15 is 0 Å². The number of nitrogens with one attached hydrogen (secondary N) is 2. The van der Waals surface area contributed by atoms with Gasteiger partial charge in [0.2, 0.25) is 0 Å². The first-order valence-corrected chi connectivity index (χ1v) is 7.96. The van der Waals surface area contributed by atoms with E-state index in [1.165, 1.54) is 12.3 Å². The van der Waals surface area contributed by atoms with Crippen molar-refractivity contribution >= 4 is 46.7 Å². The topological polar surface area (TPSA) is 56.7 Å². The summed E-state index contributed by atoms with van der Waals surface area (Å²) < 4.78 is 0. The molecule has 0 radical (unpaired) electrons. The van der Waals surface area contributed by atoms with Gasteiger partial charge in [-0.3, -0.25) is 5.43 Å². The third-order valence-electron chi connectivity index (χ3n) is 3.07. The van der Waals surface area contributed by atoms with Crippen molar-refractivity contribution in [3.8, 4) is 5.75 Å². The van der Waals surface area contributed by atoms with Crippen LogP contribution in [0.3, 0.4) is 0 Å². The van der Waals surface area contributed by atoms with Crippen molar-refractivity contribution in [3.05, 3.63) is 63.6 Å². The van der Waals surface area contributed by atoms with Crippen LogP contribution in [0.25, 0.3) is 0 Å². The van der Waals surface area contributed by atoms with Crippen LogP contribution in [0.5, 0.6) is 5.75 Å². The predicted octanol–water partition coefficient (Wildman–Crippen LogP) is 4.26. The highest BCUT2D eigenvalue weighted by molar-refractivity contribution is 7.80. The summed E-state index contributed by atoms with van der Waals surface area (Å²) in [4.78, 5) is 0. The van der Waals surface area contributed by atoms with Crippen LogP contribution >= 0.6 is 35.4 Å². The Morgan fingerprint density at radius 1 is 1.26 bits per heavy atom. The third-order valence-corrected chi connectivity index (χ3v) is 3.79. The Hall–Kier alpha value is -1.82. The molecule has 2 aromatic carbocycles. The van der Waals surface area contributed by atoms with Gasteiger partial charge in [0.25, 0.3) is 0 Å². The molecule has 1 atom stereocenters. The first kappa shape index (κ1) is 17.5. The molecule has 120 valence electrons. The molecule has 0 unspecified atom stereocenters. The molecule has 7 heteroatoms. The quantitative estimate of drug-likeness (QED) is 0.429. The molecule has 2 aromatic rings. The summed E-state index contributed by atoms with van der Waals surface area (Å²) in [6, 6.07) is 13.0. The van der Waals surface area contributed by atoms with Crippen LogP contribution < -0.4 is 10.7 Å². The minimum absolute atomic E-state index is 0.0421. The number of phenols is 1. The maximum Gasteiger partial charge on any atom is 0.187 e. The molecular formula is C16H15Cl2N3OS. The van der Waals surface area contributed by atoms with Crippen LogP contribution in [0.4, 0.5) is 0 Å². The summed E-state index contributed by atoms with van der Waals surface area (Å²) in [7, 11) is 0. The molecule has 0 aliphatic carbocycles. The van der Waals surface area contributed by atoms with E-state index < -0.39 is 0 Å². The first-order valence-electron chi connectivity index (χ1n) is 6.80. The molecular weight excluding hydrogens is 353 g/mol. The molecule has 23 heavy (non-hydrogen) atoms. The molecule has 0 saturated carbocycles. The van der Waals surface area contributed by atoms with Gasteiger partial charge >= 0.3 is 0 Å². The lowest BCUT2D eigenvalue weighted by atomic mass is 10.1. The molecule has 0 aliphatic rings. The fraction of sp³-hybridized carbons (Fsp3) is 0.125. The van der Waals surface area contributed by atoms with Crippen LogP contribution in [0.1, 0.15) is 24.1 Å². The SMILES string of the molecule is C[C@H](NC(=S)N/N=C/c1cc(Cl)cc(Cl)c1O)c1ccccc1. The van der Waals surface area contributed by atoms with E-state index in [1.807, 2.05) is 37.3 Å². The average molecular weight is 368 g/mol. The fourth-order valence-corrected chi connectivity index (χ4v) is 2.64. The van der Waals surface area contributed by atoms with Crippen molar-refractivity contribution in [1.82, 2.24) is 10.7 Å². The van der Waals surface area contributed by atoms with E-state index in [9.17, 15) is 5.11 Å². The second-order valence-corrected chi connectivity index (χ2v) is 6.05. The van der Waals surface area contributed by atoms with Crippen LogP contribution in [0, 0.1) is 0 Å². The van der Waals surface area contributed by atoms with Gasteiger partial charge in [0.05, 0.1) is 17.3 Å². The zero-order valence-corrected chi connectivity index (χ0v) is 14.6. The standard InChI is InChI=1S/C16H15Cl2N3OS/c1-10(11-5-3-2-4-6-11)20-16(23)21-19-9-12-7-13(17)8-14(18)15(12)22/h2-10,22H,1H3,(H2,20,21,23)/b19-9+/t10-/m0/s1. The van der Waals surface area contributed by atoms with E-state index in [0.717, 1.165) is 5.56 Å². The Morgan fingerprint density at radius 3 is 2.65 bits per heavy atom. The number of phenolic OH excluding ortho intramolecular Hbond substituents is 1. The largest absolute Gasteiger partial charge is 0.506 e. The number of hydrogen-bond acceptors (Lipinski definition) is 3. The van der Waals surface area contributed by atoms with E-state index in [4.69, 9.17) is 35.4 Å². The molecule has 3 N–H and O–H groups in total. The van der Waals surface area contributed by atoms with E-state index in [0.29, 0.717) is 15.7 Å². The number of hydrazone groups is 1. The van der Waals surface area contributed by atoms with Crippen LogP contribution in [0.15, 0.2) is 47.6 Å². The lowest BCUT2D eigenvalue weighted by Crippen LogP contribution is -2.34. The van der Waals surface area contributed by atoms with Gasteiger partial charge in [-0.1, -0.05) is 53.5 Å². The molecule has 0 aromatic heterocycles. The molecule has 0 aliphatic heterocycles. The van der Waals surface area contributed by atoms with E-state index in [1.54, 1.807) is 6.07 Å². The van der Waals surface area contributed by atoms with E-state index in [2.05, 4.69) is 15.8 Å². The Balaban J connectivity index is 1.94. The number of hydrogen-bond donors (Lipinski definition) is 3. The lowest BCUT2D eigenvalue weighted by molar-refractivity contribution is 0.474. The zero-order valence-electron chi connectivity index (χ0n) is 12.3. The molecule has 0 bridgehead atoms. The minimum atomic E-state index is -0.0850. The number of aromatic hydroxyl groups is 1. The Morgan fingerprint density at radius 2 is 1.96 bits per heavy atom. The van der Waals surface area contributed by atoms with Crippen molar-refractivity contribution < 1.29 is 5.11 Å². The zero-order chi connectivity index (χ0) is 16.8. The summed E-state index contributed by atoms with van der Waals surface area (Å²) in [6.45, 7) is 2.00. The summed E-state index contributed by atoms with van der Waals surface area (Å²) in [5, 5.41) is 17.9. The number of benzene rings is 2. The number of nitrogens with zero attached hydrogens (tertiary/aromatic N) is 1. The molecule has 0 heterocycles. The molecule has 0 amide bonds. The van der Waals surface area contributed by atoms with Gasteiger partial charge in [-0.05, 0) is 36.8 Å². The van der Waals surface area contributed by atoms with Crippen LogP contribution in [-0.4, -0.2) is 16.4 Å². The van der Waals surface area contributed by atoms with Crippen molar-refractivity contribution in [2.45, 2.75) is 13.0 Å². The van der Waals surface area contributed by atoms with Gasteiger partial charge < -0.3 is 10.4 Å². The van der Waals surface area contributed by atoms with Gasteiger partial charge in [0.1, 0.15) is 5.75 Å². The predicted molar refractivity (Wildman–Crippen MR) is 99.4 cm³/mol. The molecule has 0 fully saturated rings. The van der Waals surface area contributed by atoms with Gasteiger partial charge in [-0.2, -0.15) is 5.10 Å². The van der Waals surface area contributed by atoms with Crippen molar-refractivity contribution in [1.29, 1.82) is 0 Å². The van der Waals surface area contributed by atoms with Gasteiger partial charge in [0, 0.05) is 10.6 Å². The summed E-state index contributed by atoms with van der Waals surface area (Å²) >= 11 is 16.9. The van der Waals surface area contributed by atoms with Crippen LogP contribution in [0.2, 0.25) is 10.0 Å². The Labute approximate surface area is 150 Å². The average Bonchev–Trinajstić information content (AvgIpc) is 2.52. The second-order valence-electron chi connectivity index (χ2n) is 4.80. The van der Waals surface area contributed by atoms with E-state index in [-0.39, 0.29) is 16.8 Å². The highest BCUT2D eigenvalue weighted by atomic mass is 35.5. The second kappa shape index (κ2) is 8.15. The highest BCUT2D eigenvalue weighted by Crippen LogP contribution is 2.29. The normalized spacial score (nSPS) is 12.1. The summed E-state index contributed by atoms with van der Waals surface area (Å²) in [6.07, 6.45) is 1.40. The summed E-state index contributed by atoms with van der Waals surface area (Å²) in [5.41, 5.74) is 4.20. The Bertz CT molecular complexity index is 723. The fourth-order valence-electron chi connectivity index (χ4n) is 1.90. The number of halogens is 2. The lowest BCUT2D eigenvalue weighted by Gasteiger charge is -2.15.